The third-order valence-electron chi connectivity index (χ3n) is 7.89. The van der Waals surface area contributed by atoms with Gasteiger partial charge in [-0.1, -0.05) is 24.3 Å². The average Bonchev–Trinajstić information content (AvgIpc) is 3.38. The van der Waals surface area contributed by atoms with Crippen molar-refractivity contribution in [1.29, 1.82) is 0 Å². The van der Waals surface area contributed by atoms with Crippen LogP contribution in [-0.4, -0.2) is 26.3 Å². The summed E-state index contributed by atoms with van der Waals surface area (Å²) in [5, 5.41) is 20.6. The predicted molar refractivity (Wildman–Crippen MR) is 156 cm³/mol. The summed E-state index contributed by atoms with van der Waals surface area (Å²) in [7, 11) is 0. The van der Waals surface area contributed by atoms with Gasteiger partial charge in [-0.3, -0.25) is 24.8 Å². The number of aromatic nitrogens is 2. The fraction of sp³-hybridized carbons (Fsp3) is 0.258. The lowest BCUT2D eigenvalue weighted by Gasteiger charge is -2.23. The zero-order valence-electron chi connectivity index (χ0n) is 23.4. The van der Waals surface area contributed by atoms with E-state index in [4.69, 9.17) is 0 Å². The number of nitro benzene ring substituents is 1. The minimum Gasteiger partial charge on any atom is -0.295 e. The van der Waals surface area contributed by atoms with E-state index >= 15 is 0 Å². The van der Waals surface area contributed by atoms with Crippen molar-refractivity contribution in [2.24, 2.45) is 11.0 Å². The number of nitrogens with zero attached hydrogens (tertiary/aromatic N) is 4. The van der Waals surface area contributed by atoms with Gasteiger partial charge in [-0.15, -0.1) is 0 Å². The lowest BCUT2D eigenvalue weighted by atomic mass is 9.78. The standard InChI is InChI=1S/C31H31N5O4/c1-17-7-11-25(15-19(17)3)34-30(37)27(21(5)32-34)29(23-9-13-24(14-10-23)36(39)40)28-22(6)33-35(31(28)38)26-12-8-18(2)20(4)16-26/h7-16,27,29,33H,1-6H3/t27-,29+/m0/s1. The highest BCUT2D eigenvalue weighted by Gasteiger charge is 2.43. The lowest BCUT2D eigenvalue weighted by Crippen LogP contribution is -2.34. The molecule has 0 spiro atoms. The topological polar surface area (TPSA) is 114 Å². The third kappa shape index (κ3) is 4.53. The van der Waals surface area contributed by atoms with E-state index in [1.165, 1.54) is 21.8 Å². The second-order valence-electron chi connectivity index (χ2n) is 10.5. The van der Waals surface area contributed by atoms with Gasteiger partial charge in [0.1, 0.15) is 0 Å². The number of nitro groups is 1. The number of non-ortho nitro benzene ring substituents is 1. The van der Waals surface area contributed by atoms with Crippen LogP contribution < -0.4 is 10.6 Å². The first kappa shape index (κ1) is 26.8. The molecule has 0 saturated carbocycles. The molecule has 0 saturated heterocycles. The van der Waals surface area contributed by atoms with E-state index in [0.717, 1.165) is 22.3 Å². The first-order valence-electron chi connectivity index (χ1n) is 13.1. The summed E-state index contributed by atoms with van der Waals surface area (Å²) in [5.41, 5.74) is 7.48. The lowest BCUT2D eigenvalue weighted by molar-refractivity contribution is -0.384. The van der Waals surface area contributed by atoms with Crippen LogP contribution in [0.3, 0.4) is 0 Å². The minimum absolute atomic E-state index is 0.0688. The molecule has 1 aliphatic heterocycles. The number of carbonyl (C=O) groups is 1. The average molecular weight is 538 g/mol. The summed E-state index contributed by atoms with van der Waals surface area (Å²) in [4.78, 5) is 39.0. The van der Waals surface area contributed by atoms with Gasteiger partial charge in [0.05, 0.1) is 22.2 Å². The van der Waals surface area contributed by atoms with Crippen molar-refractivity contribution in [3.63, 3.8) is 0 Å². The predicted octanol–water partition coefficient (Wildman–Crippen LogP) is 5.79. The van der Waals surface area contributed by atoms with E-state index in [1.54, 1.807) is 26.0 Å². The summed E-state index contributed by atoms with van der Waals surface area (Å²) < 4.78 is 1.49. The number of carbonyl (C=O) groups excluding carboxylic acids is 1. The molecule has 204 valence electrons. The van der Waals surface area contributed by atoms with Crippen LogP contribution in [0.15, 0.2) is 70.6 Å². The maximum absolute atomic E-state index is 14.0. The molecule has 1 aliphatic rings. The Hall–Kier alpha value is -4.79. The molecule has 0 bridgehead atoms. The number of anilines is 1. The zero-order chi connectivity index (χ0) is 28.9. The van der Waals surface area contributed by atoms with Gasteiger partial charge < -0.3 is 0 Å². The molecule has 9 heteroatoms. The number of hydrazone groups is 1. The number of nitrogens with one attached hydrogen (secondary N) is 1. The van der Waals surface area contributed by atoms with Crippen molar-refractivity contribution < 1.29 is 9.72 Å². The summed E-state index contributed by atoms with van der Waals surface area (Å²) in [6.45, 7) is 11.6. The molecule has 1 N–H and O–H groups in total. The molecule has 2 heterocycles. The van der Waals surface area contributed by atoms with Crippen LogP contribution >= 0.6 is 0 Å². The van der Waals surface area contributed by atoms with Crippen molar-refractivity contribution in [3.8, 4) is 5.69 Å². The van der Waals surface area contributed by atoms with E-state index in [0.29, 0.717) is 33.9 Å². The summed E-state index contributed by atoms with van der Waals surface area (Å²) in [6, 6.07) is 17.5. The maximum atomic E-state index is 14.0. The van der Waals surface area contributed by atoms with Gasteiger partial charge in [-0.25, -0.2) is 9.69 Å². The maximum Gasteiger partial charge on any atom is 0.275 e. The minimum atomic E-state index is -0.779. The molecule has 3 aromatic carbocycles. The van der Waals surface area contributed by atoms with Crippen molar-refractivity contribution in [2.45, 2.75) is 47.5 Å². The largest absolute Gasteiger partial charge is 0.295 e. The summed E-state index contributed by atoms with van der Waals surface area (Å²) in [6.07, 6.45) is 0. The Kier molecular flexibility index (Phi) is 6.75. The van der Waals surface area contributed by atoms with Crippen LogP contribution in [0, 0.1) is 50.7 Å². The van der Waals surface area contributed by atoms with Gasteiger partial charge >= 0.3 is 0 Å². The SMILES string of the molecule is CC1=NN(c2ccc(C)c(C)c2)C(=O)[C@@H]1[C@@H](c1ccc([N+](=O)[O-])cc1)c1c(C)[nH]n(-c2ccc(C)c(C)c2)c1=O. The number of aromatic amines is 1. The molecule has 5 rings (SSSR count). The van der Waals surface area contributed by atoms with Crippen LogP contribution in [0.2, 0.25) is 0 Å². The van der Waals surface area contributed by atoms with Crippen LogP contribution in [0.4, 0.5) is 11.4 Å². The Bertz CT molecular complexity index is 1750. The van der Waals surface area contributed by atoms with E-state index in [9.17, 15) is 19.7 Å². The highest BCUT2D eigenvalue weighted by molar-refractivity contribution is 6.15. The second-order valence-corrected chi connectivity index (χ2v) is 10.5. The number of hydrogen-bond donors (Lipinski definition) is 1. The number of aryl methyl sites for hydroxylation is 5. The molecule has 0 fully saturated rings. The molecule has 1 amide bonds. The number of hydrogen-bond acceptors (Lipinski definition) is 5. The van der Waals surface area contributed by atoms with Gasteiger partial charge in [-0.05, 0) is 93.6 Å². The number of H-pyrrole nitrogens is 1. The van der Waals surface area contributed by atoms with Crippen molar-refractivity contribution in [1.82, 2.24) is 9.78 Å². The number of amides is 1. The first-order valence-corrected chi connectivity index (χ1v) is 13.1. The van der Waals surface area contributed by atoms with E-state index < -0.39 is 16.8 Å². The Morgan fingerprint density at radius 1 is 0.825 bits per heavy atom. The Labute approximate surface area is 231 Å². The molecule has 1 aromatic heterocycles. The fourth-order valence-corrected chi connectivity index (χ4v) is 5.31. The summed E-state index contributed by atoms with van der Waals surface area (Å²) >= 11 is 0. The van der Waals surface area contributed by atoms with Crippen molar-refractivity contribution >= 4 is 23.0 Å². The molecule has 0 radical (unpaired) electrons. The van der Waals surface area contributed by atoms with Crippen LogP contribution in [0.1, 0.15) is 51.9 Å². The smallest absolute Gasteiger partial charge is 0.275 e. The molecular weight excluding hydrogens is 506 g/mol. The fourth-order valence-electron chi connectivity index (χ4n) is 5.31. The number of benzene rings is 3. The Morgan fingerprint density at radius 3 is 1.98 bits per heavy atom. The highest BCUT2D eigenvalue weighted by atomic mass is 16.6. The normalized spacial score (nSPS) is 15.8. The third-order valence-corrected chi connectivity index (χ3v) is 7.89. The molecule has 40 heavy (non-hydrogen) atoms. The van der Waals surface area contributed by atoms with Gasteiger partial charge in [0.2, 0.25) is 0 Å². The van der Waals surface area contributed by atoms with Crippen molar-refractivity contribution in [2.75, 3.05) is 5.01 Å². The second kappa shape index (κ2) is 10.1. The molecule has 4 aromatic rings. The van der Waals surface area contributed by atoms with Gasteiger partial charge in [-0.2, -0.15) is 5.10 Å². The van der Waals surface area contributed by atoms with E-state index in [1.807, 2.05) is 64.1 Å². The van der Waals surface area contributed by atoms with Gasteiger partial charge in [0.25, 0.3) is 17.2 Å². The molecular formula is C31H31N5O4. The monoisotopic (exact) mass is 537 g/mol. The first-order chi connectivity index (χ1) is 19.0. The highest BCUT2D eigenvalue weighted by Crippen LogP contribution is 2.39. The van der Waals surface area contributed by atoms with E-state index in [-0.39, 0.29) is 17.2 Å². The Balaban J connectivity index is 1.66. The number of rotatable bonds is 6. The Morgan fingerprint density at radius 2 is 1.40 bits per heavy atom. The zero-order valence-corrected chi connectivity index (χ0v) is 23.4. The molecule has 2 atom stereocenters. The van der Waals surface area contributed by atoms with Crippen LogP contribution in [-0.2, 0) is 4.79 Å². The molecule has 0 aliphatic carbocycles. The van der Waals surface area contributed by atoms with Crippen LogP contribution in [0.5, 0.6) is 0 Å². The quantitative estimate of drug-likeness (QED) is 0.248. The van der Waals surface area contributed by atoms with Gasteiger partial charge in [0.15, 0.2) is 0 Å². The molecule has 0 unspecified atom stereocenters. The summed E-state index contributed by atoms with van der Waals surface area (Å²) in [5.74, 6) is -1.76. The van der Waals surface area contributed by atoms with Crippen LogP contribution in [0.25, 0.3) is 5.69 Å². The van der Waals surface area contributed by atoms with Gasteiger partial charge in [0, 0.05) is 35.0 Å². The molecule has 9 nitrogen and oxygen atoms in total. The van der Waals surface area contributed by atoms with E-state index in [2.05, 4.69) is 10.2 Å². The van der Waals surface area contributed by atoms with Crippen molar-refractivity contribution in [3.05, 3.63) is 120 Å².